The van der Waals surface area contributed by atoms with Crippen molar-refractivity contribution in [3.8, 4) is 0 Å². The Balaban J connectivity index is 2.04. The van der Waals surface area contributed by atoms with Crippen LogP contribution in [0.2, 0.25) is 0 Å². The Morgan fingerprint density at radius 1 is 1.42 bits per heavy atom. The summed E-state index contributed by atoms with van der Waals surface area (Å²) in [6.07, 6.45) is 7.92. The standard InChI is InChI=1S/C12H21N3O3S/c1-15-7-11(13-10-15)19(17,18)14-8-12(9-16)5-3-2-4-6-12/h7,10,14,16H,2-6,8-9H2,1H3. The first-order valence-corrected chi connectivity index (χ1v) is 8.04. The molecular formula is C12H21N3O3S. The number of nitrogens with zero attached hydrogens (tertiary/aromatic N) is 2. The number of aliphatic hydroxyl groups excluding tert-OH is 1. The largest absolute Gasteiger partial charge is 0.396 e. The maximum atomic E-state index is 12.1. The van der Waals surface area contributed by atoms with Crippen molar-refractivity contribution in [3.63, 3.8) is 0 Å². The molecule has 7 heteroatoms. The molecule has 19 heavy (non-hydrogen) atoms. The summed E-state index contributed by atoms with van der Waals surface area (Å²) < 4.78 is 28.3. The van der Waals surface area contributed by atoms with E-state index in [-0.39, 0.29) is 23.6 Å². The summed E-state index contributed by atoms with van der Waals surface area (Å²) in [5.41, 5.74) is -0.305. The van der Waals surface area contributed by atoms with E-state index in [1.165, 1.54) is 12.5 Å². The van der Waals surface area contributed by atoms with Crippen LogP contribution in [-0.4, -0.2) is 36.2 Å². The van der Waals surface area contributed by atoms with Crippen molar-refractivity contribution >= 4 is 10.0 Å². The molecule has 1 saturated carbocycles. The van der Waals surface area contributed by atoms with E-state index in [1.54, 1.807) is 11.6 Å². The molecule has 1 heterocycles. The average molecular weight is 287 g/mol. The van der Waals surface area contributed by atoms with Gasteiger partial charge in [0.05, 0.1) is 6.33 Å². The van der Waals surface area contributed by atoms with Crippen molar-refractivity contribution in [2.75, 3.05) is 13.2 Å². The summed E-state index contributed by atoms with van der Waals surface area (Å²) in [7, 11) is -1.86. The molecule has 1 aliphatic carbocycles. The van der Waals surface area contributed by atoms with E-state index in [0.717, 1.165) is 32.1 Å². The fraction of sp³-hybridized carbons (Fsp3) is 0.750. The van der Waals surface area contributed by atoms with Gasteiger partial charge >= 0.3 is 0 Å². The second kappa shape index (κ2) is 5.60. The third kappa shape index (κ3) is 3.34. The topological polar surface area (TPSA) is 84.2 Å². The van der Waals surface area contributed by atoms with Crippen molar-refractivity contribution in [2.45, 2.75) is 37.1 Å². The van der Waals surface area contributed by atoms with Crippen LogP contribution in [0, 0.1) is 5.41 Å². The van der Waals surface area contributed by atoms with E-state index >= 15 is 0 Å². The molecule has 2 N–H and O–H groups in total. The van der Waals surface area contributed by atoms with Crippen molar-refractivity contribution in [2.24, 2.45) is 12.5 Å². The minimum absolute atomic E-state index is 0.0255. The van der Waals surface area contributed by atoms with Gasteiger partial charge in [0.15, 0.2) is 5.03 Å². The average Bonchev–Trinajstić information content (AvgIpc) is 2.85. The summed E-state index contributed by atoms with van der Waals surface area (Å²) in [6.45, 7) is 0.306. The van der Waals surface area contributed by atoms with Crippen LogP contribution < -0.4 is 4.72 Å². The zero-order valence-electron chi connectivity index (χ0n) is 11.2. The molecule has 1 aromatic heterocycles. The molecule has 108 valence electrons. The van der Waals surface area contributed by atoms with Gasteiger partial charge in [0.2, 0.25) is 0 Å². The van der Waals surface area contributed by atoms with Crippen LogP contribution in [0.25, 0.3) is 0 Å². The SMILES string of the molecule is Cn1cnc(S(=O)(=O)NCC2(CO)CCCCC2)c1. The quantitative estimate of drug-likeness (QED) is 0.832. The van der Waals surface area contributed by atoms with Gasteiger partial charge in [-0.05, 0) is 12.8 Å². The molecule has 0 aromatic carbocycles. The number of sulfonamides is 1. The smallest absolute Gasteiger partial charge is 0.259 e. The fourth-order valence-electron chi connectivity index (χ4n) is 2.54. The number of aromatic nitrogens is 2. The Labute approximate surface area is 113 Å². The second-order valence-corrected chi connectivity index (χ2v) is 7.13. The molecule has 1 fully saturated rings. The number of imidazole rings is 1. The Bertz CT molecular complexity index is 518. The highest BCUT2D eigenvalue weighted by atomic mass is 32.2. The summed E-state index contributed by atoms with van der Waals surface area (Å²) in [6, 6.07) is 0. The van der Waals surface area contributed by atoms with Crippen LogP contribution in [0.1, 0.15) is 32.1 Å². The lowest BCUT2D eigenvalue weighted by Crippen LogP contribution is -2.41. The third-order valence-electron chi connectivity index (χ3n) is 3.84. The summed E-state index contributed by atoms with van der Waals surface area (Å²) in [5.74, 6) is 0. The number of aliphatic hydroxyl groups is 1. The van der Waals surface area contributed by atoms with Gasteiger partial charge in [-0.3, -0.25) is 0 Å². The van der Waals surface area contributed by atoms with Gasteiger partial charge in [-0.15, -0.1) is 0 Å². The molecule has 6 nitrogen and oxygen atoms in total. The van der Waals surface area contributed by atoms with Crippen molar-refractivity contribution in [1.82, 2.24) is 14.3 Å². The number of nitrogens with one attached hydrogen (secondary N) is 1. The van der Waals surface area contributed by atoms with Gasteiger partial charge < -0.3 is 9.67 Å². The minimum atomic E-state index is -3.58. The lowest BCUT2D eigenvalue weighted by atomic mass is 9.75. The molecule has 0 aliphatic heterocycles. The Kier molecular flexibility index (Phi) is 4.27. The van der Waals surface area contributed by atoms with Crippen LogP contribution in [0.4, 0.5) is 0 Å². The molecule has 2 rings (SSSR count). The lowest BCUT2D eigenvalue weighted by molar-refractivity contribution is 0.0867. The fourth-order valence-corrected chi connectivity index (χ4v) is 3.68. The molecule has 0 bridgehead atoms. The van der Waals surface area contributed by atoms with Crippen LogP contribution in [0.15, 0.2) is 17.6 Å². The first kappa shape index (κ1) is 14.5. The van der Waals surface area contributed by atoms with E-state index in [4.69, 9.17) is 0 Å². The molecule has 1 aromatic rings. The van der Waals surface area contributed by atoms with Crippen LogP contribution in [0.3, 0.4) is 0 Å². The number of hydrogen-bond donors (Lipinski definition) is 2. The van der Waals surface area contributed by atoms with E-state index in [2.05, 4.69) is 9.71 Å². The normalized spacial score (nSPS) is 19.5. The summed E-state index contributed by atoms with van der Waals surface area (Å²) >= 11 is 0. The highest BCUT2D eigenvalue weighted by Crippen LogP contribution is 2.35. The maximum absolute atomic E-state index is 12.1. The predicted molar refractivity (Wildman–Crippen MR) is 71.0 cm³/mol. The summed E-state index contributed by atoms with van der Waals surface area (Å²) in [5, 5.41) is 9.59. The number of rotatable bonds is 5. The van der Waals surface area contributed by atoms with Crippen LogP contribution in [0.5, 0.6) is 0 Å². The van der Waals surface area contributed by atoms with Gasteiger partial charge in [-0.25, -0.2) is 18.1 Å². The minimum Gasteiger partial charge on any atom is -0.396 e. The van der Waals surface area contributed by atoms with Crippen molar-refractivity contribution < 1.29 is 13.5 Å². The Hall–Kier alpha value is -0.920. The van der Waals surface area contributed by atoms with E-state index in [9.17, 15) is 13.5 Å². The predicted octanol–water partition coefficient (Wildman–Crippen LogP) is 0.641. The molecule has 0 unspecified atom stereocenters. The zero-order chi connectivity index (χ0) is 13.9. The van der Waals surface area contributed by atoms with Crippen LogP contribution >= 0.6 is 0 Å². The maximum Gasteiger partial charge on any atom is 0.259 e. The molecule has 0 atom stereocenters. The van der Waals surface area contributed by atoms with Gasteiger partial charge in [0, 0.05) is 31.8 Å². The molecular weight excluding hydrogens is 266 g/mol. The molecule has 0 saturated heterocycles. The first-order chi connectivity index (χ1) is 8.97. The van der Waals surface area contributed by atoms with Gasteiger partial charge in [0.25, 0.3) is 10.0 Å². The van der Waals surface area contributed by atoms with Crippen molar-refractivity contribution in [3.05, 3.63) is 12.5 Å². The zero-order valence-corrected chi connectivity index (χ0v) is 12.0. The monoisotopic (exact) mass is 287 g/mol. The molecule has 0 radical (unpaired) electrons. The summed E-state index contributed by atoms with van der Waals surface area (Å²) in [4.78, 5) is 3.85. The van der Waals surface area contributed by atoms with E-state index in [1.807, 2.05) is 0 Å². The number of aryl methyl sites for hydroxylation is 1. The van der Waals surface area contributed by atoms with Crippen LogP contribution in [-0.2, 0) is 17.1 Å². The first-order valence-electron chi connectivity index (χ1n) is 6.56. The molecule has 1 aliphatic rings. The van der Waals surface area contributed by atoms with Gasteiger partial charge in [-0.2, -0.15) is 0 Å². The highest BCUT2D eigenvalue weighted by Gasteiger charge is 2.33. The lowest BCUT2D eigenvalue weighted by Gasteiger charge is -2.35. The Morgan fingerprint density at radius 3 is 2.63 bits per heavy atom. The van der Waals surface area contributed by atoms with E-state index in [0.29, 0.717) is 0 Å². The molecule has 0 amide bonds. The third-order valence-corrected chi connectivity index (χ3v) is 5.13. The van der Waals surface area contributed by atoms with Crippen molar-refractivity contribution in [1.29, 1.82) is 0 Å². The van der Waals surface area contributed by atoms with E-state index < -0.39 is 10.0 Å². The highest BCUT2D eigenvalue weighted by molar-refractivity contribution is 7.89. The Morgan fingerprint density at radius 2 is 2.11 bits per heavy atom. The second-order valence-electron chi connectivity index (χ2n) is 5.42. The van der Waals surface area contributed by atoms with Gasteiger partial charge in [0.1, 0.15) is 0 Å². The van der Waals surface area contributed by atoms with Gasteiger partial charge in [-0.1, -0.05) is 19.3 Å². The number of hydrogen-bond acceptors (Lipinski definition) is 4. The molecule has 0 spiro atoms.